The molecule has 0 atom stereocenters. The summed E-state index contributed by atoms with van der Waals surface area (Å²) in [6, 6.07) is 1.68. The fraction of sp³-hybridized carbons (Fsp3) is 0.600. The Labute approximate surface area is 97.0 Å². The van der Waals surface area contributed by atoms with Crippen molar-refractivity contribution < 1.29 is 0 Å². The summed E-state index contributed by atoms with van der Waals surface area (Å²) in [5, 5.41) is 4.90. The Kier molecular flexibility index (Phi) is 3.41. The summed E-state index contributed by atoms with van der Waals surface area (Å²) in [6.07, 6.45) is 4.21. The van der Waals surface area contributed by atoms with Crippen molar-refractivity contribution in [1.29, 1.82) is 0 Å². The number of rotatable bonds is 3. The fourth-order valence-electron chi connectivity index (χ4n) is 1.82. The Balaban J connectivity index is 2.20. The van der Waals surface area contributed by atoms with E-state index in [9.17, 15) is 4.79 Å². The van der Waals surface area contributed by atoms with E-state index >= 15 is 0 Å². The van der Waals surface area contributed by atoms with Crippen molar-refractivity contribution in [2.75, 3.05) is 23.3 Å². The molecule has 1 aliphatic rings. The first-order chi connectivity index (χ1) is 7.31. The van der Waals surface area contributed by atoms with E-state index in [1.807, 2.05) is 0 Å². The van der Waals surface area contributed by atoms with Crippen LogP contribution in [0.2, 0.25) is 0 Å². The van der Waals surface area contributed by atoms with E-state index in [0.29, 0.717) is 6.54 Å². The second-order valence-corrected chi connectivity index (χ2v) is 4.45. The maximum Gasteiger partial charge on any atom is 0.268 e. The summed E-state index contributed by atoms with van der Waals surface area (Å²) in [5.41, 5.74) is 0.946. The number of hydrogen-bond acceptors (Lipinski definition) is 3. The molecule has 0 spiro atoms. The molecule has 1 aliphatic heterocycles. The van der Waals surface area contributed by atoms with Gasteiger partial charge < -0.3 is 4.90 Å². The van der Waals surface area contributed by atoms with Crippen LogP contribution in [0.25, 0.3) is 0 Å². The van der Waals surface area contributed by atoms with E-state index in [-0.39, 0.29) is 5.56 Å². The highest BCUT2D eigenvalue weighted by Gasteiger charge is 2.13. The molecule has 0 saturated carbocycles. The van der Waals surface area contributed by atoms with E-state index in [1.165, 1.54) is 17.5 Å². The zero-order valence-corrected chi connectivity index (χ0v) is 10.1. The van der Waals surface area contributed by atoms with Crippen LogP contribution in [0.3, 0.4) is 0 Å². The largest absolute Gasteiger partial charge is 0.370 e. The van der Waals surface area contributed by atoms with Crippen molar-refractivity contribution in [1.82, 2.24) is 9.78 Å². The Morgan fingerprint density at radius 1 is 1.40 bits per heavy atom. The van der Waals surface area contributed by atoms with Crippen molar-refractivity contribution in [3.05, 3.63) is 22.6 Å². The first kappa shape index (κ1) is 10.7. The predicted molar refractivity (Wildman–Crippen MR) is 63.7 cm³/mol. The number of alkyl halides is 1. The van der Waals surface area contributed by atoms with E-state index in [1.54, 1.807) is 12.3 Å². The smallest absolute Gasteiger partial charge is 0.268 e. The average Bonchev–Trinajstić information content (AvgIpc) is 2.74. The molecule has 1 aromatic rings. The quantitative estimate of drug-likeness (QED) is 0.777. The second-order valence-electron chi connectivity index (χ2n) is 3.66. The highest BCUT2D eigenvalue weighted by atomic mass is 79.9. The van der Waals surface area contributed by atoms with Crippen LogP contribution in [0.4, 0.5) is 5.69 Å². The zero-order chi connectivity index (χ0) is 10.7. The minimum absolute atomic E-state index is 0.0150. The van der Waals surface area contributed by atoms with Crippen molar-refractivity contribution >= 4 is 21.6 Å². The molecular formula is C10H14BrN3O. The van der Waals surface area contributed by atoms with Gasteiger partial charge in [0.2, 0.25) is 0 Å². The molecule has 0 radical (unpaired) electrons. The Morgan fingerprint density at radius 3 is 2.73 bits per heavy atom. The van der Waals surface area contributed by atoms with Gasteiger partial charge in [0, 0.05) is 24.5 Å². The van der Waals surface area contributed by atoms with Gasteiger partial charge in [-0.3, -0.25) is 4.79 Å². The van der Waals surface area contributed by atoms with Crippen LogP contribution < -0.4 is 10.5 Å². The van der Waals surface area contributed by atoms with Crippen LogP contribution >= 0.6 is 15.9 Å². The van der Waals surface area contributed by atoms with Crippen LogP contribution in [-0.4, -0.2) is 28.2 Å². The molecule has 0 bridgehead atoms. The molecular weight excluding hydrogens is 258 g/mol. The molecule has 0 aromatic carbocycles. The standard InChI is InChI=1S/C10H14BrN3O/c11-3-6-14-10(15)7-9(8-12-14)13-4-1-2-5-13/h7-8H,1-6H2. The molecule has 1 fully saturated rings. The molecule has 2 heterocycles. The molecule has 2 rings (SSSR count). The number of aryl methyl sites for hydroxylation is 1. The van der Waals surface area contributed by atoms with Gasteiger partial charge in [0.15, 0.2) is 0 Å². The molecule has 1 aromatic heterocycles. The van der Waals surface area contributed by atoms with E-state index in [4.69, 9.17) is 0 Å². The monoisotopic (exact) mass is 271 g/mol. The number of aromatic nitrogens is 2. The first-order valence-electron chi connectivity index (χ1n) is 5.19. The van der Waals surface area contributed by atoms with Crippen molar-refractivity contribution in [3.63, 3.8) is 0 Å². The lowest BCUT2D eigenvalue weighted by Crippen LogP contribution is -2.26. The van der Waals surface area contributed by atoms with Crippen molar-refractivity contribution in [3.8, 4) is 0 Å². The lowest BCUT2D eigenvalue weighted by molar-refractivity contribution is 0.622. The number of anilines is 1. The SMILES string of the molecule is O=c1cc(N2CCCC2)cnn1CCBr. The maximum atomic E-state index is 11.6. The summed E-state index contributed by atoms with van der Waals surface area (Å²) in [7, 11) is 0. The lowest BCUT2D eigenvalue weighted by atomic mass is 10.4. The van der Waals surface area contributed by atoms with Gasteiger partial charge in [0.1, 0.15) is 0 Å². The van der Waals surface area contributed by atoms with Crippen LogP contribution in [-0.2, 0) is 6.54 Å². The Bertz CT molecular complexity index is 384. The minimum Gasteiger partial charge on any atom is -0.370 e. The van der Waals surface area contributed by atoms with Crippen molar-refractivity contribution in [2.45, 2.75) is 19.4 Å². The molecule has 0 aliphatic carbocycles. The number of nitrogens with zero attached hydrogens (tertiary/aromatic N) is 3. The third kappa shape index (κ3) is 2.40. The molecule has 5 heteroatoms. The van der Waals surface area contributed by atoms with Crippen LogP contribution in [0, 0.1) is 0 Å². The maximum absolute atomic E-state index is 11.6. The fourth-order valence-corrected chi connectivity index (χ4v) is 2.16. The summed E-state index contributed by atoms with van der Waals surface area (Å²) in [5.74, 6) is 0. The normalized spacial score (nSPS) is 15.9. The average molecular weight is 272 g/mol. The number of hydrogen-bond donors (Lipinski definition) is 0. The van der Waals surface area contributed by atoms with E-state index < -0.39 is 0 Å². The first-order valence-corrected chi connectivity index (χ1v) is 6.31. The summed E-state index contributed by atoms with van der Waals surface area (Å²) >= 11 is 3.29. The molecule has 0 amide bonds. The van der Waals surface area contributed by atoms with Gasteiger partial charge >= 0.3 is 0 Å². The Morgan fingerprint density at radius 2 is 2.13 bits per heavy atom. The summed E-state index contributed by atoms with van der Waals surface area (Å²) < 4.78 is 1.48. The van der Waals surface area contributed by atoms with Crippen molar-refractivity contribution in [2.24, 2.45) is 0 Å². The van der Waals surface area contributed by atoms with Gasteiger partial charge in [-0.15, -0.1) is 0 Å². The van der Waals surface area contributed by atoms with Crippen LogP contribution in [0.15, 0.2) is 17.1 Å². The predicted octanol–water partition coefficient (Wildman–Crippen LogP) is 1.24. The molecule has 0 N–H and O–H groups in total. The molecule has 82 valence electrons. The van der Waals surface area contributed by atoms with Crippen LogP contribution in [0.5, 0.6) is 0 Å². The summed E-state index contributed by atoms with van der Waals surface area (Å²) in [6.45, 7) is 2.71. The lowest BCUT2D eigenvalue weighted by Gasteiger charge is -2.16. The summed E-state index contributed by atoms with van der Waals surface area (Å²) in [4.78, 5) is 13.9. The number of halogens is 1. The third-order valence-corrected chi connectivity index (χ3v) is 2.98. The Hall–Kier alpha value is -0.840. The van der Waals surface area contributed by atoms with Gasteiger partial charge in [-0.1, -0.05) is 15.9 Å². The van der Waals surface area contributed by atoms with Gasteiger partial charge in [0.05, 0.1) is 18.4 Å². The van der Waals surface area contributed by atoms with E-state index in [2.05, 4.69) is 25.9 Å². The third-order valence-electron chi connectivity index (χ3n) is 2.62. The van der Waals surface area contributed by atoms with Gasteiger partial charge in [0.25, 0.3) is 5.56 Å². The van der Waals surface area contributed by atoms with Gasteiger partial charge in [-0.05, 0) is 12.8 Å². The van der Waals surface area contributed by atoms with E-state index in [0.717, 1.165) is 24.1 Å². The highest BCUT2D eigenvalue weighted by Crippen LogP contribution is 2.16. The second kappa shape index (κ2) is 4.79. The molecule has 15 heavy (non-hydrogen) atoms. The topological polar surface area (TPSA) is 38.1 Å². The molecule has 0 unspecified atom stereocenters. The highest BCUT2D eigenvalue weighted by molar-refractivity contribution is 9.09. The zero-order valence-electron chi connectivity index (χ0n) is 8.53. The van der Waals surface area contributed by atoms with Gasteiger partial charge in [-0.25, -0.2) is 4.68 Å². The minimum atomic E-state index is -0.0150. The molecule has 4 nitrogen and oxygen atoms in total. The van der Waals surface area contributed by atoms with Crippen LogP contribution in [0.1, 0.15) is 12.8 Å². The van der Waals surface area contributed by atoms with Gasteiger partial charge in [-0.2, -0.15) is 5.10 Å². The molecule has 1 saturated heterocycles.